The molecule has 0 aromatic heterocycles. The molecular formula is C34H64N2O4. The summed E-state index contributed by atoms with van der Waals surface area (Å²) in [5.41, 5.74) is 0. The Balaban J connectivity index is 4.74. The van der Waals surface area contributed by atoms with Gasteiger partial charge in [0, 0.05) is 65.4 Å². The fourth-order valence-corrected chi connectivity index (χ4v) is 4.83. The summed E-state index contributed by atoms with van der Waals surface area (Å²) < 4.78 is 11.0. The number of amides is 2. The Kier molecular flexibility index (Phi) is 29.0. The van der Waals surface area contributed by atoms with Gasteiger partial charge in [0.15, 0.2) is 0 Å². The lowest BCUT2D eigenvalue weighted by Gasteiger charge is -2.28. The number of hydrogen-bond donors (Lipinski definition) is 0. The van der Waals surface area contributed by atoms with E-state index in [9.17, 15) is 9.59 Å². The van der Waals surface area contributed by atoms with Gasteiger partial charge < -0.3 is 19.3 Å². The molecule has 0 aliphatic carbocycles. The Morgan fingerprint density at radius 2 is 0.875 bits per heavy atom. The third-order valence-corrected chi connectivity index (χ3v) is 7.28. The molecule has 0 saturated carbocycles. The molecule has 2 amide bonds. The molecule has 0 atom stereocenters. The van der Waals surface area contributed by atoms with E-state index in [0.29, 0.717) is 65.4 Å². The normalized spacial score (nSPS) is 10.9. The van der Waals surface area contributed by atoms with Crippen molar-refractivity contribution in [1.82, 2.24) is 9.80 Å². The molecule has 0 aliphatic rings. The van der Waals surface area contributed by atoms with Crippen molar-refractivity contribution < 1.29 is 19.1 Å². The maximum Gasteiger partial charge on any atom is 0.222 e. The molecule has 0 aliphatic heterocycles. The van der Waals surface area contributed by atoms with Gasteiger partial charge >= 0.3 is 0 Å². The monoisotopic (exact) mass is 564 g/mol. The van der Waals surface area contributed by atoms with Crippen molar-refractivity contribution in [2.45, 2.75) is 129 Å². The molecular weight excluding hydrogens is 500 g/mol. The van der Waals surface area contributed by atoms with E-state index in [1.54, 1.807) is 0 Å². The van der Waals surface area contributed by atoms with Gasteiger partial charge in [-0.15, -0.1) is 13.2 Å². The quantitative estimate of drug-likeness (QED) is 0.0630. The van der Waals surface area contributed by atoms with E-state index in [2.05, 4.69) is 13.2 Å². The summed E-state index contributed by atoms with van der Waals surface area (Å²) in [7, 11) is 0. The lowest BCUT2D eigenvalue weighted by molar-refractivity contribution is -0.135. The topological polar surface area (TPSA) is 59.1 Å². The van der Waals surface area contributed by atoms with Gasteiger partial charge in [-0.3, -0.25) is 9.59 Å². The number of ether oxygens (including phenoxy) is 2. The van der Waals surface area contributed by atoms with E-state index >= 15 is 0 Å². The zero-order valence-electron chi connectivity index (χ0n) is 26.5. The third-order valence-electron chi connectivity index (χ3n) is 7.28. The second-order valence-corrected chi connectivity index (χ2v) is 10.8. The molecule has 6 heteroatoms. The van der Waals surface area contributed by atoms with Crippen LogP contribution in [0.2, 0.25) is 0 Å². The third kappa shape index (κ3) is 24.2. The number of nitrogens with zero attached hydrogens (tertiary/aromatic N) is 2. The standard InChI is InChI=1S/C34H64N2O4/c1-5-9-11-13-15-17-19-21-25-33(37)35(27-23-31-39-7-3)29-30-36(28-24-32-40-8-4)34(38)26-22-20-18-16-14-12-10-6-2/h5-6H,1-2,7-32H2,3-4H3. The zero-order valence-corrected chi connectivity index (χ0v) is 26.5. The van der Waals surface area contributed by atoms with Gasteiger partial charge in [-0.05, 0) is 65.2 Å². The molecule has 6 nitrogen and oxygen atoms in total. The highest BCUT2D eigenvalue weighted by Crippen LogP contribution is 2.12. The average molecular weight is 565 g/mol. The maximum absolute atomic E-state index is 13.1. The van der Waals surface area contributed by atoms with Crippen molar-refractivity contribution in [2.75, 3.05) is 52.6 Å². The lowest BCUT2D eigenvalue weighted by Crippen LogP contribution is -2.42. The highest BCUT2D eigenvalue weighted by molar-refractivity contribution is 5.77. The lowest BCUT2D eigenvalue weighted by atomic mass is 10.1. The Labute approximate surface area is 247 Å². The smallest absolute Gasteiger partial charge is 0.222 e. The van der Waals surface area contributed by atoms with Crippen LogP contribution in [0.4, 0.5) is 0 Å². The van der Waals surface area contributed by atoms with Crippen molar-refractivity contribution >= 4 is 11.8 Å². The van der Waals surface area contributed by atoms with Crippen LogP contribution in [-0.4, -0.2) is 74.2 Å². The van der Waals surface area contributed by atoms with Gasteiger partial charge in [0.2, 0.25) is 11.8 Å². The van der Waals surface area contributed by atoms with Gasteiger partial charge in [-0.1, -0.05) is 63.5 Å². The Morgan fingerprint density at radius 3 is 1.23 bits per heavy atom. The Bertz CT molecular complexity index is 559. The average Bonchev–Trinajstić information content (AvgIpc) is 2.96. The Hall–Kier alpha value is -1.66. The summed E-state index contributed by atoms with van der Waals surface area (Å²) in [6.07, 6.45) is 22.8. The van der Waals surface area contributed by atoms with E-state index in [4.69, 9.17) is 9.47 Å². The van der Waals surface area contributed by atoms with Gasteiger partial charge in [-0.2, -0.15) is 0 Å². The van der Waals surface area contributed by atoms with Gasteiger partial charge in [0.05, 0.1) is 0 Å². The first-order valence-electron chi connectivity index (χ1n) is 16.5. The van der Waals surface area contributed by atoms with Crippen molar-refractivity contribution in [3.05, 3.63) is 25.3 Å². The number of carbonyl (C=O) groups is 2. The van der Waals surface area contributed by atoms with E-state index in [-0.39, 0.29) is 11.8 Å². The highest BCUT2D eigenvalue weighted by Gasteiger charge is 2.18. The summed E-state index contributed by atoms with van der Waals surface area (Å²) in [6, 6.07) is 0. The summed E-state index contributed by atoms with van der Waals surface area (Å²) in [4.78, 5) is 30.2. The van der Waals surface area contributed by atoms with E-state index in [1.807, 2.05) is 35.8 Å². The van der Waals surface area contributed by atoms with Crippen LogP contribution < -0.4 is 0 Å². The molecule has 0 rings (SSSR count). The molecule has 0 bridgehead atoms. The van der Waals surface area contributed by atoms with Crippen LogP contribution in [-0.2, 0) is 19.1 Å². The minimum atomic E-state index is 0.210. The first-order chi connectivity index (χ1) is 19.6. The number of rotatable bonds is 31. The van der Waals surface area contributed by atoms with E-state index in [0.717, 1.165) is 51.4 Å². The first kappa shape index (κ1) is 38.3. The van der Waals surface area contributed by atoms with Crippen LogP contribution in [0.5, 0.6) is 0 Å². The second kappa shape index (κ2) is 30.3. The van der Waals surface area contributed by atoms with Crippen molar-refractivity contribution in [3.63, 3.8) is 0 Å². The number of hydrogen-bond acceptors (Lipinski definition) is 4. The maximum atomic E-state index is 13.1. The summed E-state index contributed by atoms with van der Waals surface area (Å²) in [6.45, 7) is 16.8. The van der Waals surface area contributed by atoms with Gasteiger partial charge in [-0.25, -0.2) is 0 Å². The van der Waals surface area contributed by atoms with Crippen LogP contribution in [0, 0.1) is 0 Å². The largest absolute Gasteiger partial charge is 0.382 e. The van der Waals surface area contributed by atoms with Crippen LogP contribution in [0.25, 0.3) is 0 Å². The summed E-state index contributed by atoms with van der Waals surface area (Å²) in [5, 5.41) is 0. The predicted molar refractivity (Wildman–Crippen MR) is 170 cm³/mol. The number of unbranched alkanes of at least 4 members (excludes halogenated alkanes) is 12. The van der Waals surface area contributed by atoms with Crippen LogP contribution in [0.15, 0.2) is 25.3 Å². The van der Waals surface area contributed by atoms with Gasteiger partial charge in [0.1, 0.15) is 0 Å². The zero-order chi connectivity index (χ0) is 29.5. The summed E-state index contributed by atoms with van der Waals surface area (Å²) >= 11 is 0. The second-order valence-electron chi connectivity index (χ2n) is 10.8. The molecule has 0 spiro atoms. The van der Waals surface area contributed by atoms with Crippen molar-refractivity contribution in [1.29, 1.82) is 0 Å². The number of carbonyl (C=O) groups excluding carboxylic acids is 2. The highest BCUT2D eigenvalue weighted by atomic mass is 16.5. The first-order valence-corrected chi connectivity index (χ1v) is 16.5. The molecule has 40 heavy (non-hydrogen) atoms. The molecule has 0 aromatic rings. The fourth-order valence-electron chi connectivity index (χ4n) is 4.83. The molecule has 0 N–H and O–H groups in total. The van der Waals surface area contributed by atoms with E-state index in [1.165, 1.54) is 51.4 Å². The SMILES string of the molecule is C=CCCCCCCCCC(=O)N(CCCOCC)CCN(CCCOCC)C(=O)CCCCCCCCC=C. The van der Waals surface area contributed by atoms with Crippen LogP contribution in [0.1, 0.15) is 129 Å². The van der Waals surface area contributed by atoms with E-state index < -0.39 is 0 Å². The van der Waals surface area contributed by atoms with Crippen molar-refractivity contribution in [3.8, 4) is 0 Å². The minimum Gasteiger partial charge on any atom is -0.382 e. The van der Waals surface area contributed by atoms with Crippen LogP contribution >= 0.6 is 0 Å². The molecule has 0 heterocycles. The fraction of sp³-hybridized carbons (Fsp3) is 0.824. The molecule has 0 saturated heterocycles. The molecule has 0 aromatic carbocycles. The Morgan fingerprint density at radius 1 is 0.525 bits per heavy atom. The molecule has 0 radical (unpaired) electrons. The van der Waals surface area contributed by atoms with Gasteiger partial charge in [0.25, 0.3) is 0 Å². The molecule has 234 valence electrons. The summed E-state index contributed by atoms with van der Waals surface area (Å²) in [5.74, 6) is 0.419. The minimum absolute atomic E-state index is 0.210. The predicted octanol–water partition coefficient (Wildman–Crippen LogP) is 8.11. The molecule has 0 fully saturated rings. The van der Waals surface area contributed by atoms with Crippen LogP contribution in [0.3, 0.4) is 0 Å². The van der Waals surface area contributed by atoms with Crippen molar-refractivity contribution in [2.24, 2.45) is 0 Å². The number of allylic oxidation sites excluding steroid dienone is 2. The molecule has 0 unspecified atom stereocenters.